The van der Waals surface area contributed by atoms with Gasteiger partial charge in [0.25, 0.3) is 11.5 Å². The first-order chi connectivity index (χ1) is 11.5. The fourth-order valence-corrected chi connectivity index (χ4v) is 2.64. The van der Waals surface area contributed by atoms with E-state index in [0.717, 1.165) is 5.56 Å². The van der Waals surface area contributed by atoms with Crippen LogP contribution in [0.4, 0.5) is 11.4 Å². The molecule has 1 aromatic carbocycles. The Morgan fingerprint density at radius 3 is 2.96 bits per heavy atom. The minimum atomic E-state index is -0.484. The molecule has 0 bridgehead atoms. The number of rotatable bonds is 4. The van der Waals surface area contributed by atoms with Gasteiger partial charge in [-0.25, -0.2) is 5.10 Å². The summed E-state index contributed by atoms with van der Waals surface area (Å²) >= 11 is 5.98. The zero-order valence-corrected chi connectivity index (χ0v) is 14.0. The van der Waals surface area contributed by atoms with E-state index in [1.807, 2.05) is 26.0 Å². The van der Waals surface area contributed by atoms with Gasteiger partial charge in [-0.2, -0.15) is 5.10 Å². The van der Waals surface area contributed by atoms with Gasteiger partial charge in [0.05, 0.1) is 17.6 Å². The lowest BCUT2D eigenvalue weighted by molar-refractivity contribution is -0.123. The second-order valence-electron chi connectivity index (χ2n) is 5.55. The third-order valence-electron chi connectivity index (χ3n) is 3.86. The van der Waals surface area contributed by atoms with Crippen molar-refractivity contribution in [3.8, 4) is 5.75 Å². The number of aromatic amines is 1. The smallest absolute Gasteiger partial charge is 0.285 e. The summed E-state index contributed by atoms with van der Waals surface area (Å²) in [5.74, 6) is 0.494. The number of hydrogen-bond acceptors (Lipinski definition) is 5. The van der Waals surface area contributed by atoms with Crippen molar-refractivity contribution in [1.29, 1.82) is 0 Å². The lowest BCUT2D eigenvalue weighted by atomic mass is 10.1. The first kappa shape index (κ1) is 16.3. The molecule has 0 fully saturated rings. The maximum absolute atomic E-state index is 11.8. The Kier molecular flexibility index (Phi) is 4.44. The predicted octanol–water partition coefficient (Wildman–Crippen LogP) is 2.71. The molecule has 2 atom stereocenters. The molecule has 3 N–H and O–H groups in total. The van der Waals surface area contributed by atoms with E-state index in [-0.39, 0.29) is 17.0 Å². The second kappa shape index (κ2) is 6.52. The van der Waals surface area contributed by atoms with Crippen molar-refractivity contribution in [2.24, 2.45) is 0 Å². The molecule has 0 radical (unpaired) electrons. The number of ether oxygens (including phenoxy) is 1. The van der Waals surface area contributed by atoms with Crippen LogP contribution in [0.15, 0.2) is 29.2 Å². The number of benzene rings is 1. The van der Waals surface area contributed by atoms with Crippen molar-refractivity contribution in [3.05, 3.63) is 45.3 Å². The third-order valence-corrected chi connectivity index (χ3v) is 4.24. The largest absolute Gasteiger partial charge is 0.478 e. The van der Waals surface area contributed by atoms with Crippen LogP contribution >= 0.6 is 11.6 Å². The average molecular weight is 349 g/mol. The zero-order chi connectivity index (χ0) is 17.3. The van der Waals surface area contributed by atoms with E-state index in [1.165, 1.54) is 6.20 Å². The first-order valence-electron chi connectivity index (χ1n) is 7.60. The maximum atomic E-state index is 11.8. The Labute approximate surface area is 143 Å². The van der Waals surface area contributed by atoms with Gasteiger partial charge < -0.3 is 15.4 Å². The van der Waals surface area contributed by atoms with Crippen molar-refractivity contribution in [3.63, 3.8) is 0 Å². The van der Waals surface area contributed by atoms with Crippen molar-refractivity contribution >= 4 is 28.9 Å². The average Bonchev–Trinajstić information content (AvgIpc) is 2.58. The van der Waals surface area contributed by atoms with Crippen LogP contribution < -0.4 is 20.9 Å². The van der Waals surface area contributed by atoms with E-state index in [1.54, 1.807) is 6.07 Å². The van der Waals surface area contributed by atoms with Crippen LogP contribution in [-0.4, -0.2) is 22.2 Å². The summed E-state index contributed by atoms with van der Waals surface area (Å²) in [6, 6.07) is 5.40. The molecule has 3 rings (SSSR count). The van der Waals surface area contributed by atoms with Crippen LogP contribution in [0, 0.1) is 0 Å². The van der Waals surface area contributed by atoms with Crippen LogP contribution in [0.25, 0.3) is 0 Å². The Hall–Kier alpha value is -2.54. The highest BCUT2D eigenvalue weighted by Crippen LogP contribution is 2.34. The fraction of sp³-hybridized carbons (Fsp3) is 0.312. The number of hydrogen-bond donors (Lipinski definition) is 3. The Bertz CT molecular complexity index is 836. The van der Waals surface area contributed by atoms with Crippen LogP contribution in [0.2, 0.25) is 5.02 Å². The van der Waals surface area contributed by atoms with Gasteiger partial charge in [0.15, 0.2) is 6.10 Å². The zero-order valence-electron chi connectivity index (χ0n) is 13.2. The second-order valence-corrected chi connectivity index (χ2v) is 5.93. The van der Waals surface area contributed by atoms with Crippen LogP contribution in [0.1, 0.15) is 31.9 Å². The van der Waals surface area contributed by atoms with E-state index in [2.05, 4.69) is 20.8 Å². The van der Waals surface area contributed by atoms with Crippen molar-refractivity contribution in [2.75, 3.05) is 10.6 Å². The summed E-state index contributed by atoms with van der Waals surface area (Å²) in [6.45, 7) is 3.82. The van der Waals surface area contributed by atoms with Crippen molar-refractivity contribution in [2.45, 2.75) is 32.4 Å². The summed E-state index contributed by atoms with van der Waals surface area (Å²) < 4.78 is 5.74. The van der Waals surface area contributed by atoms with Gasteiger partial charge in [0.1, 0.15) is 10.8 Å². The molecule has 0 saturated carbocycles. The van der Waals surface area contributed by atoms with Gasteiger partial charge in [0, 0.05) is 6.04 Å². The van der Waals surface area contributed by atoms with Gasteiger partial charge >= 0.3 is 0 Å². The van der Waals surface area contributed by atoms with Crippen molar-refractivity contribution in [1.82, 2.24) is 10.2 Å². The van der Waals surface area contributed by atoms with E-state index >= 15 is 0 Å². The third kappa shape index (κ3) is 3.07. The summed E-state index contributed by atoms with van der Waals surface area (Å²) in [7, 11) is 0. The van der Waals surface area contributed by atoms with Crippen LogP contribution in [0.5, 0.6) is 5.75 Å². The van der Waals surface area contributed by atoms with Gasteiger partial charge in [-0.05, 0) is 31.0 Å². The molecule has 2 unspecified atom stereocenters. The standard InChI is InChI=1S/C16H17ClN4O3/c1-3-12-15(22)20-10-5-4-9(6-13(10)24-12)8(2)19-11-7-18-21-16(23)14(11)17/h4-8,12H,3H2,1-2H3,(H,20,22)(H2,19,21,23). The van der Waals surface area contributed by atoms with Crippen LogP contribution in [-0.2, 0) is 4.79 Å². The number of carbonyl (C=O) groups excluding carboxylic acids is 1. The van der Waals surface area contributed by atoms with E-state index in [4.69, 9.17) is 16.3 Å². The monoisotopic (exact) mass is 348 g/mol. The molecule has 0 saturated heterocycles. The molecule has 1 amide bonds. The Morgan fingerprint density at radius 2 is 2.21 bits per heavy atom. The summed E-state index contributed by atoms with van der Waals surface area (Å²) in [4.78, 5) is 23.3. The van der Waals surface area contributed by atoms with E-state index in [0.29, 0.717) is 23.5 Å². The molecule has 0 spiro atoms. The molecule has 2 heterocycles. The minimum absolute atomic E-state index is 0.0596. The van der Waals surface area contributed by atoms with E-state index < -0.39 is 11.7 Å². The number of anilines is 2. The number of halogens is 1. The first-order valence-corrected chi connectivity index (χ1v) is 7.98. The molecular formula is C16H17ClN4O3. The number of H-pyrrole nitrogens is 1. The van der Waals surface area contributed by atoms with Gasteiger partial charge in [-0.15, -0.1) is 0 Å². The topological polar surface area (TPSA) is 96.1 Å². The molecule has 1 aliphatic rings. The lowest BCUT2D eigenvalue weighted by Gasteiger charge is -2.26. The maximum Gasteiger partial charge on any atom is 0.285 e. The summed E-state index contributed by atoms with van der Waals surface area (Å²) in [5, 5.41) is 12.0. The predicted molar refractivity (Wildman–Crippen MR) is 91.7 cm³/mol. The highest BCUT2D eigenvalue weighted by Gasteiger charge is 2.26. The number of nitrogens with one attached hydrogen (secondary N) is 3. The lowest BCUT2D eigenvalue weighted by Crippen LogP contribution is -2.36. The van der Waals surface area contributed by atoms with Gasteiger partial charge in [-0.1, -0.05) is 24.6 Å². The quantitative estimate of drug-likeness (QED) is 0.789. The highest BCUT2D eigenvalue weighted by molar-refractivity contribution is 6.32. The van der Waals surface area contributed by atoms with Crippen LogP contribution in [0.3, 0.4) is 0 Å². The molecule has 7 nitrogen and oxygen atoms in total. The Balaban J connectivity index is 1.84. The number of fused-ring (bicyclic) bond motifs is 1. The van der Waals surface area contributed by atoms with Gasteiger partial charge in [-0.3, -0.25) is 9.59 Å². The number of nitrogens with zero attached hydrogens (tertiary/aromatic N) is 1. The molecule has 1 aromatic heterocycles. The number of amides is 1. The molecule has 24 heavy (non-hydrogen) atoms. The number of carbonyl (C=O) groups is 1. The fourth-order valence-electron chi connectivity index (χ4n) is 2.50. The van der Waals surface area contributed by atoms with E-state index in [9.17, 15) is 9.59 Å². The summed E-state index contributed by atoms with van der Waals surface area (Å²) in [6.07, 6.45) is 1.57. The minimum Gasteiger partial charge on any atom is -0.478 e. The molecule has 0 aliphatic carbocycles. The van der Waals surface area contributed by atoms with Crippen molar-refractivity contribution < 1.29 is 9.53 Å². The number of aromatic nitrogens is 2. The normalized spacial score (nSPS) is 17.5. The summed E-state index contributed by atoms with van der Waals surface area (Å²) in [5.41, 5.74) is 1.58. The molecule has 2 aromatic rings. The SMILES string of the molecule is CCC1Oc2cc(C(C)Nc3cn[nH]c(=O)c3Cl)ccc2NC1=O. The molecular weight excluding hydrogens is 332 g/mol. The highest BCUT2D eigenvalue weighted by atomic mass is 35.5. The molecule has 1 aliphatic heterocycles. The molecule has 8 heteroatoms. The Morgan fingerprint density at radius 1 is 1.42 bits per heavy atom. The molecule has 126 valence electrons. The van der Waals surface area contributed by atoms with Gasteiger partial charge in [0.2, 0.25) is 0 Å².